The summed E-state index contributed by atoms with van der Waals surface area (Å²) in [4.78, 5) is 25.1. The highest BCUT2D eigenvalue weighted by molar-refractivity contribution is 6.42. The predicted molar refractivity (Wildman–Crippen MR) is 85.0 cm³/mol. The monoisotopic (exact) mass is 353 g/mol. The van der Waals surface area contributed by atoms with E-state index in [0.29, 0.717) is 16.6 Å². The van der Waals surface area contributed by atoms with E-state index in [4.69, 9.17) is 32.7 Å². The van der Waals surface area contributed by atoms with Crippen LogP contribution < -0.4 is 0 Å². The van der Waals surface area contributed by atoms with Gasteiger partial charge in [-0.15, -0.1) is 0 Å². The number of benzene rings is 1. The van der Waals surface area contributed by atoms with Gasteiger partial charge in [0.25, 0.3) is 5.91 Å². The Labute approximate surface area is 142 Å². The van der Waals surface area contributed by atoms with Gasteiger partial charge in [0.1, 0.15) is 0 Å². The summed E-state index contributed by atoms with van der Waals surface area (Å²) in [5.41, 5.74) is 0.852. The van der Waals surface area contributed by atoms with E-state index in [0.717, 1.165) is 18.4 Å². The van der Waals surface area contributed by atoms with Crippen molar-refractivity contribution in [2.75, 3.05) is 0 Å². The molecule has 0 bridgehead atoms. The summed E-state index contributed by atoms with van der Waals surface area (Å²) in [6.07, 6.45) is 1.83. The minimum absolute atomic E-state index is 0.0226. The van der Waals surface area contributed by atoms with Crippen LogP contribution in [0.2, 0.25) is 10.0 Å². The number of aromatic carboxylic acids is 1. The molecule has 5 nitrogen and oxygen atoms in total. The average molecular weight is 354 g/mol. The SMILES string of the molecule is O=C(O)c1ccc(C(=O)N(Cc2ccc(Cl)c(Cl)c2)C2CC2)o1. The molecule has 0 spiro atoms. The summed E-state index contributed by atoms with van der Waals surface area (Å²) in [6.45, 7) is 0.365. The quantitative estimate of drug-likeness (QED) is 0.878. The van der Waals surface area contributed by atoms with Gasteiger partial charge in [0, 0.05) is 12.6 Å². The average Bonchev–Trinajstić information content (AvgIpc) is 3.22. The molecule has 0 atom stereocenters. The number of carboxylic acids is 1. The maximum Gasteiger partial charge on any atom is 0.371 e. The van der Waals surface area contributed by atoms with Crippen molar-refractivity contribution in [1.29, 1.82) is 0 Å². The molecular formula is C16H13Cl2NO4. The fraction of sp³-hybridized carbons (Fsp3) is 0.250. The van der Waals surface area contributed by atoms with Crippen LogP contribution in [0.25, 0.3) is 0 Å². The molecule has 0 radical (unpaired) electrons. The van der Waals surface area contributed by atoms with Crippen molar-refractivity contribution in [3.05, 3.63) is 57.5 Å². The van der Waals surface area contributed by atoms with Gasteiger partial charge in [0.15, 0.2) is 5.76 Å². The van der Waals surface area contributed by atoms with Gasteiger partial charge in [-0.05, 0) is 42.7 Å². The Hall–Kier alpha value is -1.98. The van der Waals surface area contributed by atoms with Gasteiger partial charge >= 0.3 is 5.97 Å². The fourth-order valence-electron chi connectivity index (χ4n) is 2.30. The number of hydrogen-bond donors (Lipinski definition) is 1. The van der Waals surface area contributed by atoms with Crippen LogP contribution in [0, 0.1) is 0 Å². The predicted octanol–water partition coefficient (Wildman–Crippen LogP) is 4.09. The molecule has 1 heterocycles. The van der Waals surface area contributed by atoms with Crippen molar-refractivity contribution in [1.82, 2.24) is 4.90 Å². The number of carboxylic acid groups (broad SMARTS) is 1. The Morgan fingerprint density at radius 1 is 1.13 bits per heavy atom. The lowest BCUT2D eigenvalue weighted by Gasteiger charge is -2.21. The van der Waals surface area contributed by atoms with Gasteiger partial charge in [-0.3, -0.25) is 4.79 Å². The number of rotatable bonds is 5. The molecular weight excluding hydrogens is 341 g/mol. The highest BCUT2D eigenvalue weighted by atomic mass is 35.5. The highest BCUT2D eigenvalue weighted by Gasteiger charge is 2.34. The zero-order chi connectivity index (χ0) is 16.6. The third kappa shape index (κ3) is 3.51. The summed E-state index contributed by atoms with van der Waals surface area (Å²) in [6, 6.07) is 8.01. The Balaban J connectivity index is 1.81. The zero-order valence-electron chi connectivity index (χ0n) is 12.0. The molecule has 23 heavy (non-hydrogen) atoms. The Morgan fingerprint density at radius 2 is 1.83 bits per heavy atom. The molecule has 120 valence electrons. The molecule has 0 aliphatic heterocycles. The number of amides is 1. The lowest BCUT2D eigenvalue weighted by molar-refractivity contribution is 0.0644. The van der Waals surface area contributed by atoms with Crippen LogP contribution in [-0.4, -0.2) is 27.9 Å². The first-order valence-electron chi connectivity index (χ1n) is 7.03. The van der Waals surface area contributed by atoms with Crippen molar-refractivity contribution in [3.63, 3.8) is 0 Å². The van der Waals surface area contributed by atoms with E-state index in [1.165, 1.54) is 12.1 Å². The summed E-state index contributed by atoms with van der Waals surface area (Å²) in [7, 11) is 0. The topological polar surface area (TPSA) is 70.8 Å². The van der Waals surface area contributed by atoms with E-state index in [1.54, 1.807) is 17.0 Å². The van der Waals surface area contributed by atoms with Crippen LogP contribution >= 0.6 is 23.2 Å². The van der Waals surface area contributed by atoms with E-state index in [1.807, 2.05) is 6.07 Å². The minimum atomic E-state index is -1.20. The van der Waals surface area contributed by atoms with Gasteiger partial charge in [-0.25, -0.2) is 4.79 Å². The second-order valence-corrected chi connectivity index (χ2v) is 6.20. The van der Waals surface area contributed by atoms with Gasteiger partial charge in [-0.2, -0.15) is 0 Å². The number of hydrogen-bond acceptors (Lipinski definition) is 3. The van der Waals surface area contributed by atoms with E-state index < -0.39 is 5.97 Å². The first-order valence-corrected chi connectivity index (χ1v) is 7.79. The van der Waals surface area contributed by atoms with Crippen LogP contribution in [0.4, 0.5) is 0 Å². The summed E-state index contributed by atoms with van der Waals surface area (Å²) >= 11 is 11.9. The molecule has 1 saturated carbocycles. The molecule has 1 amide bonds. The largest absolute Gasteiger partial charge is 0.475 e. The summed E-state index contributed by atoms with van der Waals surface area (Å²) in [5.74, 6) is -1.76. The van der Waals surface area contributed by atoms with Crippen molar-refractivity contribution in [2.45, 2.75) is 25.4 Å². The molecule has 2 aromatic rings. The van der Waals surface area contributed by atoms with Gasteiger partial charge in [0.2, 0.25) is 5.76 Å². The number of carbonyl (C=O) groups excluding carboxylic acids is 1. The van der Waals surface area contributed by atoms with Crippen molar-refractivity contribution in [3.8, 4) is 0 Å². The number of nitrogens with zero attached hydrogens (tertiary/aromatic N) is 1. The Kier molecular flexibility index (Phi) is 4.33. The lowest BCUT2D eigenvalue weighted by Crippen LogP contribution is -2.32. The molecule has 1 aromatic heterocycles. The van der Waals surface area contributed by atoms with Gasteiger partial charge in [-0.1, -0.05) is 29.3 Å². The number of furan rings is 1. The van der Waals surface area contributed by atoms with Crippen molar-refractivity contribution < 1.29 is 19.1 Å². The lowest BCUT2D eigenvalue weighted by atomic mass is 10.2. The second-order valence-electron chi connectivity index (χ2n) is 5.38. The van der Waals surface area contributed by atoms with Crippen molar-refractivity contribution in [2.24, 2.45) is 0 Å². The first kappa shape index (κ1) is 15.9. The minimum Gasteiger partial charge on any atom is -0.475 e. The fourth-order valence-corrected chi connectivity index (χ4v) is 2.62. The maximum atomic E-state index is 12.6. The standard InChI is InChI=1S/C16H13Cl2NO4/c17-11-4-1-9(7-12(11)18)8-19(10-2-3-10)15(20)13-5-6-14(23-13)16(21)22/h1,4-7,10H,2-3,8H2,(H,21,22). The molecule has 1 fully saturated rings. The third-order valence-corrected chi connectivity index (χ3v) is 4.35. The number of carbonyl (C=O) groups is 2. The Morgan fingerprint density at radius 3 is 2.39 bits per heavy atom. The summed E-state index contributed by atoms with van der Waals surface area (Å²) < 4.78 is 5.11. The third-order valence-electron chi connectivity index (χ3n) is 3.61. The van der Waals surface area contributed by atoms with Crippen LogP contribution in [0.3, 0.4) is 0 Å². The van der Waals surface area contributed by atoms with E-state index in [9.17, 15) is 9.59 Å². The molecule has 0 saturated heterocycles. The zero-order valence-corrected chi connectivity index (χ0v) is 13.5. The first-order chi connectivity index (χ1) is 11.0. The normalized spacial score (nSPS) is 13.8. The van der Waals surface area contributed by atoms with Crippen LogP contribution in [-0.2, 0) is 6.54 Å². The molecule has 0 unspecified atom stereocenters. The maximum absolute atomic E-state index is 12.6. The second kappa shape index (κ2) is 6.26. The van der Waals surface area contributed by atoms with Gasteiger partial charge in [0.05, 0.1) is 10.0 Å². The van der Waals surface area contributed by atoms with E-state index in [-0.39, 0.29) is 23.5 Å². The molecule has 1 aliphatic carbocycles. The molecule has 1 aromatic carbocycles. The van der Waals surface area contributed by atoms with Gasteiger partial charge < -0.3 is 14.4 Å². The molecule has 1 N–H and O–H groups in total. The van der Waals surface area contributed by atoms with E-state index >= 15 is 0 Å². The summed E-state index contributed by atoms with van der Waals surface area (Å²) in [5, 5.41) is 9.77. The van der Waals surface area contributed by atoms with E-state index in [2.05, 4.69) is 0 Å². The van der Waals surface area contributed by atoms with Crippen LogP contribution in [0.5, 0.6) is 0 Å². The Bertz CT molecular complexity index is 767. The number of halogens is 2. The van der Waals surface area contributed by atoms with Crippen molar-refractivity contribution >= 4 is 35.1 Å². The van der Waals surface area contributed by atoms with Crippen LogP contribution in [0.15, 0.2) is 34.7 Å². The molecule has 7 heteroatoms. The molecule has 3 rings (SSSR count). The smallest absolute Gasteiger partial charge is 0.371 e. The van der Waals surface area contributed by atoms with Crippen LogP contribution in [0.1, 0.15) is 39.5 Å². The highest BCUT2D eigenvalue weighted by Crippen LogP contribution is 2.31. The molecule has 1 aliphatic rings.